The normalized spacial score (nSPS) is 14.9. The number of likely N-dealkylation sites (tertiary alicyclic amines) is 1. The summed E-state index contributed by atoms with van der Waals surface area (Å²) >= 11 is 6.32. The van der Waals surface area contributed by atoms with Gasteiger partial charge in [-0.15, -0.1) is 0 Å². The molecule has 5 nitrogen and oxygen atoms in total. The monoisotopic (exact) mass is 410 g/mol. The van der Waals surface area contributed by atoms with Crippen LogP contribution in [0.25, 0.3) is 16.6 Å². The Morgan fingerprint density at radius 1 is 1.10 bits per heavy atom. The summed E-state index contributed by atoms with van der Waals surface area (Å²) in [6.07, 6.45) is 3.66. The molecule has 3 heterocycles. The molecule has 2 aromatic heterocycles. The molecular weight excluding hydrogens is 388 g/mol. The van der Waals surface area contributed by atoms with Gasteiger partial charge in [-0.05, 0) is 54.7 Å². The average molecular weight is 411 g/mol. The largest absolute Gasteiger partial charge is 0.495 e. The summed E-state index contributed by atoms with van der Waals surface area (Å²) in [5, 5.41) is 0.454. The molecular formula is C23H23ClN2O3. The van der Waals surface area contributed by atoms with E-state index in [1.54, 1.807) is 28.5 Å². The number of ether oxygens (including phenoxy) is 1. The molecule has 0 radical (unpaired) electrons. The van der Waals surface area contributed by atoms with E-state index in [9.17, 15) is 9.59 Å². The van der Waals surface area contributed by atoms with E-state index in [-0.39, 0.29) is 0 Å². The van der Waals surface area contributed by atoms with E-state index < -0.39 is 11.7 Å². The van der Waals surface area contributed by atoms with Crippen molar-refractivity contribution in [2.24, 2.45) is 5.92 Å². The summed E-state index contributed by atoms with van der Waals surface area (Å²) in [4.78, 5) is 28.0. The van der Waals surface area contributed by atoms with Gasteiger partial charge in [0.2, 0.25) is 0 Å². The number of rotatable bonds is 4. The number of hydrogen-bond acceptors (Lipinski definition) is 3. The summed E-state index contributed by atoms with van der Waals surface area (Å²) < 4.78 is 7.01. The van der Waals surface area contributed by atoms with Crippen molar-refractivity contribution in [3.05, 3.63) is 59.4 Å². The first-order valence-electron chi connectivity index (χ1n) is 9.77. The maximum atomic E-state index is 13.3. The number of Topliss-reactive ketones (excluding diaryl/α,β-unsaturated/α-hetero) is 1. The van der Waals surface area contributed by atoms with Gasteiger partial charge in [0.25, 0.3) is 11.7 Å². The number of benzene rings is 1. The third-order valence-corrected chi connectivity index (χ3v) is 5.92. The highest BCUT2D eigenvalue weighted by molar-refractivity contribution is 6.43. The van der Waals surface area contributed by atoms with Crippen LogP contribution in [0.1, 0.15) is 30.3 Å². The van der Waals surface area contributed by atoms with E-state index in [2.05, 4.69) is 6.92 Å². The van der Waals surface area contributed by atoms with Crippen LogP contribution >= 0.6 is 11.6 Å². The van der Waals surface area contributed by atoms with Gasteiger partial charge < -0.3 is 14.0 Å². The Labute approximate surface area is 174 Å². The Hall–Kier alpha value is -2.79. The van der Waals surface area contributed by atoms with E-state index >= 15 is 0 Å². The van der Waals surface area contributed by atoms with Crippen LogP contribution < -0.4 is 4.74 Å². The van der Waals surface area contributed by atoms with Crippen LogP contribution in [0.4, 0.5) is 0 Å². The molecule has 1 aliphatic heterocycles. The molecule has 0 aliphatic carbocycles. The lowest BCUT2D eigenvalue weighted by molar-refractivity contribution is -0.127. The summed E-state index contributed by atoms with van der Waals surface area (Å²) in [6.45, 7) is 3.42. The van der Waals surface area contributed by atoms with Crippen molar-refractivity contribution in [2.75, 3.05) is 20.2 Å². The molecule has 1 aliphatic rings. The molecule has 1 amide bonds. The van der Waals surface area contributed by atoms with Crippen LogP contribution in [0.2, 0.25) is 5.02 Å². The lowest BCUT2D eigenvalue weighted by Crippen LogP contribution is -2.42. The van der Waals surface area contributed by atoms with Crippen LogP contribution in [0.3, 0.4) is 0 Å². The van der Waals surface area contributed by atoms with Crippen molar-refractivity contribution in [3.63, 3.8) is 0 Å². The average Bonchev–Trinajstić information content (AvgIpc) is 3.12. The molecule has 150 valence electrons. The molecule has 0 saturated carbocycles. The van der Waals surface area contributed by atoms with Gasteiger partial charge in [-0.3, -0.25) is 9.59 Å². The first-order valence-corrected chi connectivity index (χ1v) is 10.1. The van der Waals surface area contributed by atoms with Crippen molar-refractivity contribution in [1.82, 2.24) is 9.30 Å². The van der Waals surface area contributed by atoms with Gasteiger partial charge in [-0.25, -0.2) is 0 Å². The lowest BCUT2D eigenvalue weighted by Gasteiger charge is -2.29. The fourth-order valence-corrected chi connectivity index (χ4v) is 4.12. The third-order valence-electron chi connectivity index (χ3n) is 5.62. The highest BCUT2D eigenvalue weighted by Crippen LogP contribution is 2.34. The fourth-order valence-electron chi connectivity index (χ4n) is 3.87. The van der Waals surface area contributed by atoms with E-state index in [0.717, 1.165) is 23.9 Å². The van der Waals surface area contributed by atoms with Crippen LogP contribution in [0.15, 0.2) is 48.7 Å². The zero-order valence-electron chi connectivity index (χ0n) is 16.5. The standard InChI is InChI=1S/C23H23ClN2O3/c1-15-8-11-25(12-9-15)23(28)22(27)21-18(14-17-5-3-4-10-26(17)21)16-6-7-20(29-2)19(24)13-16/h3-7,10,13-15H,8-9,11-12H2,1-2H3. The predicted octanol–water partition coefficient (Wildman–Crippen LogP) is 4.71. The van der Waals surface area contributed by atoms with Crippen LogP contribution in [0.5, 0.6) is 5.75 Å². The Morgan fingerprint density at radius 2 is 1.86 bits per heavy atom. The molecule has 6 heteroatoms. The smallest absolute Gasteiger partial charge is 0.296 e. The maximum Gasteiger partial charge on any atom is 0.296 e. The van der Waals surface area contributed by atoms with Gasteiger partial charge in [0.05, 0.1) is 12.1 Å². The highest BCUT2D eigenvalue weighted by atomic mass is 35.5. The second-order valence-corrected chi connectivity index (χ2v) is 7.96. The molecule has 0 N–H and O–H groups in total. The van der Waals surface area contributed by atoms with Crippen molar-refractivity contribution < 1.29 is 14.3 Å². The van der Waals surface area contributed by atoms with Crippen LogP contribution in [0, 0.1) is 5.92 Å². The Balaban J connectivity index is 1.79. The predicted molar refractivity (Wildman–Crippen MR) is 114 cm³/mol. The van der Waals surface area contributed by atoms with Crippen molar-refractivity contribution in [1.29, 1.82) is 0 Å². The zero-order valence-corrected chi connectivity index (χ0v) is 17.3. The maximum absolute atomic E-state index is 13.3. The number of amides is 1. The Morgan fingerprint density at radius 3 is 2.55 bits per heavy atom. The van der Waals surface area contributed by atoms with Gasteiger partial charge in [0, 0.05) is 30.4 Å². The molecule has 3 aromatic rings. The highest BCUT2D eigenvalue weighted by Gasteiger charge is 2.30. The number of aromatic nitrogens is 1. The van der Waals surface area contributed by atoms with Gasteiger partial charge in [0.1, 0.15) is 11.4 Å². The van der Waals surface area contributed by atoms with Gasteiger partial charge in [-0.2, -0.15) is 0 Å². The topological polar surface area (TPSA) is 51.0 Å². The van der Waals surface area contributed by atoms with Crippen LogP contribution in [-0.4, -0.2) is 41.2 Å². The quantitative estimate of drug-likeness (QED) is 0.462. The Kier molecular flexibility index (Phi) is 5.33. The summed E-state index contributed by atoms with van der Waals surface area (Å²) in [7, 11) is 1.56. The number of ketones is 1. The zero-order chi connectivity index (χ0) is 20.5. The summed E-state index contributed by atoms with van der Waals surface area (Å²) in [5.41, 5.74) is 2.66. The molecule has 0 atom stereocenters. The van der Waals surface area contributed by atoms with E-state index in [1.807, 2.05) is 36.5 Å². The number of pyridine rings is 1. The second kappa shape index (κ2) is 7.91. The Bertz CT molecular complexity index is 1080. The minimum atomic E-state index is -0.493. The number of nitrogens with zero attached hydrogens (tertiary/aromatic N) is 2. The molecule has 1 fully saturated rings. The van der Waals surface area contributed by atoms with E-state index in [0.29, 0.717) is 41.0 Å². The number of fused-ring (bicyclic) bond motifs is 1. The molecule has 4 rings (SSSR count). The first kappa shape index (κ1) is 19.5. The molecule has 0 unspecified atom stereocenters. The summed E-state index contributed by atoms with van der Waals surface area (Å²) in [6, 6.07) is 13.0. The molecule has 0 spiro atoms. The number of halogens is 1. The number of hydrogen-bond donors (Lipinski definition) is 0. The molecule has 29 heavy (non-hydrogen) atoms. The SMILES string of the molecule is COc1ccc(-c2cc3ccccn3c2C(=O)C(=O)N2CCC(C)CC2)cc1Cl. The number of methoxy groups -OCH3 is 1. The molecule has 0 bridgehead atoms. The van der Waals surface area contributed by atoms with E-state index in [1.165, 1.54) is 0 Å². The van der Waals surface area contributed by atoms with Crippen molar-refractivity contribution >= 4 is 28.8 Å². The fraction of sp³-hybridized carbons (Fsp3) is 0.304. The van der Waals surface area contributed by atoms with Crippen molar-refractivity contribution in [2.45, 2.75) is 19.8 Å². The van der Waals surface area contributed by atoms with E-state index in [4.69, 9.17) is 16.3 Å². The lowest BCUT2D eigenvalue weighted by atomic mass is 9.98. The summed E-state index contributed by atoms with van der Waals surface area (Å²) in [5.74, 6) is 0.208. The number of carbonyl (C=O) groups is 2. The van der Waals surface area contributed by atoms with Crippen molar-refractivity contribution in [3.8, 4) is 16.9 Å². The minimum Gasteiger partial charge on any atom is -0.495 e. The minimum absolute atomic E-state index is 0.366. The molecule has 1 saturated heterocycles. The van der Waals surface area contributed by atoms with Gasteiger partial charge in [-0.1, -0.05) is 30.7 Å². The van der Waals surface area contributed by atoms with Gasteiger partial charge >= 0.3 is 0 Å². The molecule has 1 aromatic carbocycles. The second-order valence-electron chi connectivity index (χ2n) is 7.56. The third kappa shape index (κ3) is 3.62. The first-order chi connectivity index (χ1) is 14.0. The van der Waals surface area contributed by atoms with Crippen LogP contribution in [-0.2, 0) is 4.79 Å². The van der Waals surface area contributed by atoms with Gasteiger partial charge in [0.15, 0.2) is 0 Å². The number of piperidine rings is 1. The number of carbonyl (C=O) groups excluding carboxylic acids is 2.